The van der Waals surface area contributed by atoms with Gasteiger partial charge in [-0.2, -0.15) is 0 Å². The molecule has 0 aromatic carbocycles. The zero-order valence-electron chi connectivity index (χ0n) is 12.8. The lowest BCUT2D eigenvalue weighted by atomic mass is 9.96. The summed E-state index contributed by atoms with van der Waals surface area (Å²) in [5.74, 6) is 1.82. The van der Waals surface area contributed by atoms with Gasteiger partial charge in [0, 0.05) is 35.3 Å². The molecule has 1 aliphatic carbocycles. The first-order valence-corrected chi connectivity index (χ1v) is 7.84. The summed E-state index contributed by atoms with van der Waals surface area (Å²) in [7, 11) is 0. The summed E-state index contributed by atoms with van der Waals surface area (Å²) in [6, 6.07) is 4.06. The number of aromatic nitrogens is 3. The number of hydrogen-bond acceptors (Lipinski definition) is 4. The maximum Gasteiger partial charge on any atom is 0.163 e. The fourth-order valence-corrected chi connectivity index (χ4v) is 2.71. The molecule has 0 spiro atoms. The lowest BCUT2D eigenvalue weighted by molar-refractivity contribution is 0.664. The minimum Gasteiger partial charge on any atom is -0.370 e. The lowest BCUT2D eigenvalue weighted by Crippen LogP contribution is -2.14. The summed E-state index contributed by atoms with van der Waals surface area (Å²) in [6.45, 7) is 5.12. The molecule has 0 unspecified atom stereocenters. The Bertz CT molecular complexity index is 619. The van der Waals surface area contributed by atoms with Gasteiger partial charge < -0.3 is 5.32 Å². The van der Waals surface area contributed by atoms with Crippen LogP contribution in [0.1, 0.15) is 43.1 Å². The first kappa shape index (κ1) is 14.0. The molecular formula is C17H22N4. The second-order valence-electron chi connectivity index (χ2n) is 5.64. The van der Waals surface area contributed by atoms with E-state index in [1.165, 1.54) is 24.1 Å². The molecule has 0 atom stereocenters. The van der Waals surface area contributed by atoms with Gasteiger partial charge in [0.05, 0.1) is 0 Å². The number of pyridine rings is 1. The first-order chi connectivity index (χ1) is 10.3. The summed E-state index contributed by atoms with van der Waals surface area (Å²) >= 11 is 0. The fraction of sp³-hybridized carbons (Fsp3) is 0.471. The molecule has 21 heavy (non-hydrogen) atoms. The number of anilines is 1. The largest absolute Gasteiger partial charge is 0.370 e. The van der Waals surface area contributed by atoms with Crippen molar-refractivity contribution < 1.29 is 0 Å². The van der Waals surface area contributed by atoms with Crippen molar-refractivity contribution in [1.82, 2.24) is 15.0 Å². The van der Waals surface area contributed by atoms with Gasteiger partial charge in [-0.05, 0) is 51.2 Å². The number of hydrogen-bond donors (Lipinski definition) is 1. The van der Waals surface area contributed by atoms with E-state index in [4.69, 9.17) is 9.97 Å². The summed E-state index contributed by atoms with van der Waals surface area (Å²) in [6.07, 6.45) is 7.58. The highest BCUT2D eigenvalue weighted by molar-refractivity contribution is 5.59. The number of nitrogens with zero attached hydrogens (tertiary/aromatic N) is 3. The van der Waals surface area contributed by atoms with E-state index >= 15 is 0 Å². The zero-order chi connectivity index (χ0) is 14.7. The Kier molecular flexibility index (Phi) is 4.13. The molecule has 1 N–H and O–H groups in total. The Morgan fingerprint density at radius 1 is 1.14 bits per heavy atom. The quantitative estimate of drug-likeness (QED) is 0.931. The smallest absolute Gasteiger partial charge is 0.163 e. The SMILES string of the molecule is CCCNc1nc(-c2ccc(C)nc2)nc2c1CCCC2. The topological polar surface area (TPSA) is 50.7 Å². The monoisotopic (exact) mass is 282 g/mol. The molecule has 0 radical (unpaired) electrons. The van der Waals surface area contributed by atoms with E-state index in [9.17, 15) is 0 Å². The molecule has 110 valence electrons. The average molecular weight is 282 g/mol. The molecule has 2 heterocycles. The molecule has 0 fully saturated rings. The highest BCUT2D eigenvalue weighted by Gasteiger charge is 2.18. The van der Waals surface area contributed by atoms with Gasteiger partial charge in [-0.3, -0.25) is 4.98 Å². The Morgan fingerprint density at radius 3 is 2.76 bits per heavy atom. The number of rotatable bonds is 4. The molecule has 4 nitrogen and oxygen atoms in total. The van der Waals surface area contributed by atoms with Gasteiger partial charge in [-0.1, -0.05) is 6.92 Å². The molecule has 0 saturated heterocycles. The van der Waals surface area contributed by atoms with E-state index in [2.05, 4.69) is 23.3 Å². The summed E-state index contributed by atoms with van der Waals surface area (Å²) in [5, 5.41) is 3.47. The van der Waals surface area contributed by atoms with Gasteiger partial charge in [0.1, 0.15) is 5.82 Å². The van der Waals surface area contributed by atoms with Crippen LogP contribution in [0.4, 0.5) is 5.82 Å². The normalized spacial score (nSPS) is 13.8. The van der Waals surface area contributed by atoms with E-state index in [-0.39, 0.29) is 0 Å². The maximum absolute atomic E-state index is 4.79. The van der Waals surface area contributed by atoms with E-state index in [0.29, 0.717) is 0 Å². The van der Waals surface area contributed by atoms with Crippen molar-refractivity contribution in [2.75, 3.05) is 11.9 Å². The molecule has 0 bridgehead atoms. The van der Waals surface area contributed by atoms with Crippen molar-refractivity contribution in [3.63, 3.8) is 0 Å². The predicted molar refractivity (Wildman–Crippen MR) is 85.4 cm³/mol. The highest BCUT2D eigenvalue weighted by Crippen LogP contribution is 2.28. The number of aryl methyl sites for hydroxylation is 2. The second-order valence-corrected chi connectivity index (χ2v) is 5.64. The maximum atomic E-state index is 4.79. The van der Waals surface area contributed by atoms with Crippen molar-refractivity contribution in [2.45, 2.75) is 46.0 Å². The van der Waals surface area contributed by atoms with Gasteiger partial charge in [0.2, 0.25) is 0 Å². The Balaban J connectivity index is 2.02. The standard InChI is InChI=1S/C17H22N4/c1-3-10-18-17-14-6-4-5-7-15(14)20-16(21-17)13-9-8-12(2)19-11-13/h8-9,11H,3-7,10H2,1-2H3,(H,18,20,21). The van der Waals surface area contributed by atoms with Crippen LogP contribution in [-0.4, -0.2) is 21.5 Å². The van der Waals surface area contributed by atoms with E-state index in [1.54, 1.807) is 0 Å². The van der Waals surface area contributed by atoms with Crippen LogP contribution >= 0.6 is 0 Å². The first-order valence-electron chi connectivity index (χ1n) is 7.84. The van der Waals surface area contributed by atoms with Gasteiger partial charge >= 0.3 is 0 Å². The van der Waals surface area contributed by atoms with Crippen LogP contribution in [0.3, 0.4) is 0 Å². The second kappa shape index (κ2) is 6.20. The molecule has 4 heteroatoms. The average Bonchev–Trinajstić information content (AvgIpc) is 2.53. The fourth-order valence-electron chi connectivity index (χ4n) is 2.71. The molecule has 2 aromatic heterocycles. The van der Waals surface area contributed by atoms with Crippen LogP contribution in [0.25, 0.3) is 11.4 Å². The van der Waals surface area contributed by atoms with Crippen molar-refractivity contribution in [1.29, 1.82) is 0 Å². The Hall–Kier alpha value is -1.97. The zero-order valence-corrected chi connectivity index (χ0v) is 12.8. The van der Waals surface area contributed by atoms with Crippen molar-refractivity contribution >= 4 is 5.82 Å². The van der Waals surface area contributed by atoms with Crippen LogP contribution < -0.4 is 5.32 Å². The highest BCUT2D eigenvalue weighted by atomic mass is 15.0. The molecule has 0 aliphatic heterocycles. The number of fused-ring (bicyclic) bond motifs is 1. The molecule has 0 amide bonds. The van der Waals surface area contributed by atoms with Crippen LogP contribution in [0.15, 0.2) is 18.3 Å². The minimum absolute atomic E-state index is 0.793. The Labute approximate surface area is 126 Å². The van der Waals surface area contributed by atoms with Gasteiger partial charge in [0.15, 0.2) is 5.82 Å². The van der Waals surface area contributed by atoms with E-state index in [1.807, 2.05) is 19.2 Å². The lowest BCUT2D eigenvalue weighted by Gasteiger charge is -2.19. The Morgan fingerprint density at radius 2 is 2.00 bits per heavy atom. The van der Waals surface area contributed by atoms with Crippen LogP contribution in [0, 0.1) is 6.92 Å². The summed E-state index contributed by atoms with van der Waals surface area (Å²) in [4.78, 5) is 13.9. The third-order valence-corrected chi connectivity index (χ3v) is 3.90. The van der Waals surface area contributed by atoms with Crippen LogP contribution in [0.5, 0.6) is 0 Å². The third-order valence-electron chi connectivity index (χ3n) is 3.90. The molecule has 1 aliphatic rings. The van der Waals surface area contributed by atoms with E-state index < -0.39 is 0 Å². The molecular weight excluding hydrogens is 260 g/mol. The summed E-state index contributed by atoms with van der Waals surface area (Å²) < 4.78 is 0. The minimum atomic E-state index is 0.793. The third kappa shape index (κ3) is 3.04. The van der Waals surface area contributed by atoms with Crippen molar-refractivity contribution in [3.05, 3.63) is 35.3 Å². The summed E-state index contributed by atoms with van der Waals surface area (Å²) in [5.41, 5.74) is 4.54. The predicted octanol–water partition coefficient (Wildman–Crippen LogP) is 3.55. The van der Waals surface area contributed by atoms with Crippen LogP contribution in [-0.2, 0) is 12.8 Å². The van der Waals surface area contributed by atoms with Crippen molar-refractivity contribution in [3.8, 4) is 11.4 Å². The van der Waals surface area contributed by atoms with E-state index in [0.717, 1.165) is 48.7 Å². The van der Waals surface area contributed by atoms with Gasteiger partial charge in [0.25, 0.3) is 0 Å². The molecule has 0 saturated carbocycles. The van der Waals surface area contributed by atoms with Crippen molar-refractivity contribution in [2.24, 2.45) is 0 Å². The number of nitrogens with one attached hydrogen (secondary N) is 1. The van der Waals surface area contributed by atoms with Gasteiger partial charge in [-0.15, -0.1) is 0 Å². The van der Waals surface area contributed by atoms with Crippen LogP contribution in [0.2, 0.25) is 0 Å². The van der Waals surface area contributed by atoms with Gasteiger partial charge in [-0.25, -0.2) is 9.97 Å². The molecule has 3 rings (SSSR count). The molecule has 2 aromatic rings.